The lowest BCUT2D eigenvalue weighted by Crippen LogP contribution is -2.46. The number of benzene rings is 2. The van der Waals surface area contributed by atoms with Gasteiger partial charge in [-0.3, -0.25) is 4.79 Å². The molecule has 6 nitrogen and oxygen atoms in total. The SMILES string of the molecule is CCC(C)C(NC(=O)Cc1nc2ccccc2[nH]1)C(=O)OCc1ccccc1. The van der Waals surface area contributed by atoms with E-state index in [0.29, 0.717) is 5.82 Å². The molecule has 0 fully saturated rings. The van der Waals surface area contributed by atoms with E-state index in [1.807, 2.05) is 68.4 Å². The second kappa shape index (κ2) is 9.17. The number of ether oxygens (including phenoxy) is 1. The number of para-hydroxylation sites is 2. The fourth-order valence-corrected chi connectivity index (χ4v) is 2.95. The topological polar surface area (TPSA) is 84.1 Å². The second-order valence-electron chi connectivity index (χ2n) is 6.90. The number of aromatic nitrogens is 2. The zero-order chi connectivity index (χ0) is 19.9. The van der Waals surface area contributed by atoms with Crippen molar-refractivity contribution >= 4 is 22.9 Å². The summed E-state index contributed by atoms with van der Waals surface area (Å²) in [7, 11) is 0. The van der Waals surface area contributed by atoms with Crippen LogP contribution in [-0.2, 0) is 27.4 Å². The van der Waals surface area contributed by atoms with E-state index < -0.39 is 12.0 Å². The summed E-state index contributed by atoms with van der Waals surface area (Å²) in [6, 6.07) is 16.4. The number of H-pyrrole nitrogens is 1. The quantitative estimate of drug-likeness (QED) is 0.588. The molecule has 2 unspecified atom stereocenters. The van der Waals surface area contributed by atoms with E-state index in [1.165, 1.54) is 0 Å². The number of imidazole rings is 1. The minimum atomic E-state index is -0.689. The van der Waals surface area contributed by atoms with Crippen molar-refractivity contribution in [3.8, 4) is 0 Å². The third-order valence-electron chi connectivity index (χ3n) is 4.77. The molecule has 0 saturated carbocycles. The summed E-state index contributed by atoms with van der Waals surface area (Å²) < 4.78 is 5.44. The van der Waals surface area contributed by atoms with E-state index >= 15 is 0 Å². The first-order chi connectivity index (χ1) is 13.6. The zero-order valence-corrected chi connectivity index (χ0v) is 16.1. The molecule has 2 aromatic carbocycles. The van der Waals surface area contributed by atoms with Crippen LogP contribution in [0.15, 0.2) is 54.6 Å². The molecular weight excluding hydrogens is 354 g/mol. The summed E-state index contributed by atoms with van der Waals surface area (Å²) in [5, 5.41) is 2.82. The van der Waals surface area contributed by atoms with Crippen LogP contribution in [0.2, 0.25) is 0 Å². The molecule has 0 saturated heterocycles. The van der Waals surface area contributed by atoms with E-state index in [0.717, 1.165) is 23.0 Å². The lowest BCUT2D eigenvalue weighted by atomic mass is 9.99. The van der Waals surface area contributed by atoms with Gasteiger partial charge in [-0.2, -0.15) is 0 Å². The first kappa shape index (κ1) is 19.6. The molecule has 2 N–H and O–H groups in total. The van der Waals surface area contributed by atoms with Gasteiger partial charge in [-0.25, -0.2) is 9.78 Å². The van der Waals surface area contributed by atoms with Crippen LogP contribution in [0.1, 0.15) is 31.7 Å². The predicted octanol–water partition coefficient (Wildman–Crippen LogP) is 3.38. The Balaban J connectivity index is 1.62. The second-order valence-corrected chi connectivity index (χ2v) is 6.90. The monoisotopic (exact) mass is 379 g/mol. The predicted molar refractivity (Wildman–Crippen MR) is 107 cm³/mol. The Labute approximate surface area is 164 Å². The van der Waals surface area contributed by atoms with Gasteiger partial charge >= 0.3 is 5.97 Å². The van der Waals surface area contributed by atoms with Crippen molar-refractivity contribution in [2.75, 3.05) is 0 Å². The number of amides is 1. The van der Waals surface area contributed by atoms with Gasteiger partial charge in [0.2, 0.25) is 5.91 Å². The number of rotatable bonds is 8. The van der Waals surface area contributed by atoms with Gasteiger partial charge in [0.05, 0.1) is 17.5 Å². The maximum atomic E-state index is 12.6. The maximum absolute atomic E-state index is 12.6. The Bertz CT molecular complexity index is 903. The molecule has 1 heterocycles. The Kier molecular flexibility index (Phi) is 6.42. The van der Waals surface area contributed by atoms with Crippen LogP contribution in [-0.4, -0.2) is 27.9 Å². The maximum Gasteiger partial charge on any atom is 0.329 e. The highest BCUT2D eigenvalue weighted by Crippen LogP contribution is 2.13. The fourth-order valence-electron chi connectivity index (χ4n) is 2.95. The van der Waals surface area contributed by atoms with Gasteiger partial charge in [0.1, 0.15) is 18.5 Å². The largest absolute Gasteiger partial charge is 0.459 e. The summed E-state index contributed by atoms with van der Waals surface area (Å²) in [5.41, 5.74) is 2.60. The van der Waals surface area contributed by atoms with Crippen molar-refractivity contribution < 1.29 is 14.3 Å². The third-order valence-corrected chi connectivity index (χ3v) is 4.77. The van der Waals surface area contributed by atoms with Crippen molar-refractivity contribution in [3.05, 3.63) is 66.0 Å². The van der Waals surface area contributed by atoms with Crippen LogP contribution in [0.25, 0.3) is 11.0 Å². The lowest BCUT2D eigenvalue weighted by molar-refractivity contribution is -0.150. The Morgan fingerprint density at radius 3 is 2.54 bits per heavy atom. The standard InChI is InChI=1S/C22H25N3O3/c1-3-15(2)21(22(27)28-14-16-9-5-4-6-10-16)25-20(26)13-19-23-17-11-7-8-12-18(17)24-19/h4-12,15,21H,3,13-14H2,1-2H3,(H,23,24)(H,25,26). The Morgan fingerprint density at radius 1 is 1.11 bits per heavy atom. The van der Waals surface area contributed by atoms with Gasteiger partial charge in [-0.15, -0.1) is 0 Å². The number of fused-ring (bicyclic) bond motifs is 1. The summed E-state index contributed by atoms with van der Waals surface area (Å²) in [4.78, 5) is 32.6. The summed E-state index contributed by atoms with van der Waals surface area (Å²) >= 11 is 0. The highest BCUT2D eigenvalue weighted by atomic mass is 16.5. The average Bonchev–Trinajstić information content (AvgIpc) is 3.12. The van der Waals surface area contributed by atoms with Gasteiger partial charge in [-0.1, -0.05) is 62.7 Å². The van der Waals surface area contributed by atoms with E-state index in [2.05, 4.69) is 15.3 Å². The molecule has 0 aliphatic carbocycles. The Morgan fingerprint density at radius 2 is 1.82 bits per heavy atom. The lowest BCUT2D eigenvalue weighted by Gasteiger charge is -2.22. The molecule has 3 rings (SSSR count). The van der Waals surface area contributed by atoms with Gasteiger partial charge < -0.3 is 15.0 Å². The first-order valence-electron chi connectivity index (χ1n) is 9.50. The molecule has 1 aromatic heterocycles. The molecule has 0 bridgehead atoms. The normalized spacial score (nSPS) is 13.1. The summed E-state index contributed by atoms with van der Waals surface area (Å²) in [6.07, 6.45) is 0.823. The van der Waals surface area contributed by atoms with Crippen molar-refractivity contribution in [1.82, 2.24) is 15.3 Å². The highest BCUT2D eigenvalue weighted by molar-refractivity contribution is 5.86. The minimum absolute atomic E-state index is 0.0390. The molecule has 146 valence electrons. The van der Waals surface area contributed by atoms with Gasteiger partial charge in [0.15, 0.2) is 0 Å². The number of nitrogens with zero attached hydrogens (tertiary/aromatic N) is 1. The molecular formula is C22H25N3O3. The number of hydrogen-bond donors (Lipinski definition) is 2. The molecule has 0 spiro atoms. The third kappa shape index (κ3) is 4.97. The first-order valence-corrected chi connectivity index (χ1v) is 9.50. The average molecular weight is 379 g/mol. The molecule has 0 aliphatic rings. The van der Waals surface area contributed by atoms with E-state index in [9.17, 15) is 9.59 Å². The number of aromatic amines is 1. The summed E-state index contributed by atoms with van der Waals surface area (Å²) in [5.74, 6) is -0.153. The molecule has 0 radical (unpaired) electrons. The molecule has 0 aliphatic heterocycles. The minimum Gasteiger partial charge on any atom is -0.459 e. The number of esters is 1. The zero-order valence-electron chi connectivity index (χ0n) is 16.1. The highest BCUT2D eigenvalue weighted by Gasteiger charge is 2.27. The van der Waals surface area contributed by atoms with Crippen molar-refractivity contribution in [3.63, 3.8) is 0 Å². The van der Waals surface area contributed by atoms with Crippen LogP contribution in [0.3, 0.4) is 0 Å². The van der Waals surface area contributed by atoms with Crippen LogP contribution >= 0.6 is 0 Å². The number of carbonyl (C=O) groups is 2. The van der Waals surface area contributed by atoms with Crippen LogP contribution in [0.5, 0.6) is 0 Å². The molecule has 2 atom stereocenters. The number of nitrogens with one attached hydrogen (secondary N) is 2. The van der Waals surface area contributed by atoms with Crippen LogP contribution < -0.4 is 5.32 Å². The molecule has 6 heteroatoms. The smallest absolute Gasteiger partial charge is 0.329 e. The summed E-state index contributed by atoms with van der Waals surface area (Å²) in [6.45, 7) is 4.09. The van der Waals surface area contributed by atoms with E-state index in [1.54, 1.807) is 0 Å². The van der Waals surface area contributed by atoms with Crippen molar-refractivity contribution in [2.24, 2.45) is 5.92 Å². The van der Waals surface area contributed by atoms with Crippen LogP contribution in [0, 0.1) is 5.92 Å². The molecule has 1 amide bonds. The van der Waals surface area contributed by atoms with Crippen molar-refractivity contribution in [2.45, 2.75) is 39.3 Å². The number of hydrogen-bond acceptors (Lipinski definition) is 4. The molecule has 3 aromatic rings. The van der Waals surface area contributed by atoms with Gasteiger partial charge in [-0.05, 0) is 23.6 Å². The van der Waals surface area contributed by atoms with Gasteiger partial charge in [0, 0.05) is 0 Å². The van der Waals surface area contributed by atoms with Gasteiger partial charge in [0.25, 0.3) is 0 Å². The van der Waals surface area contributed by atoms with E-state index in [4.69, 9.17) is 4.74 Å². The van der Waals surface area contributed by atoms with Crippen LogP contribution in [0.4, 0.5) is 0 Å². The fraction of sp³-hybridized carbons (Fsp3) is 0.318. The Hall–Kier alpha value is -3.15. The number of carbonyl (C=O) groups excluding carboxylic acids is 2. The van der Waals surface area contributed by atoms with E-state index in [-0.39, 0.29) is 24.9 Å². The van der Waals surface area contributed by atoms with Crippen molar-refractivity contribution in [1.29, 1.82) is 0 Å². The molecule has 28 heavy (non-hydrogen) atoms.